The molecular weight excluding hydrogens is 326 g/mol. The second-order valence-electron chi connectivity index (χ2n) is 5.55. The van der Waals surface area contributed by atoms with Crippen LogP contribution in [0.5, 0.6) is 5.88 Å². The van der Waals surface area contributed by atoms with Crippen LogP contribution >= 0.6 is 0 Å². The number of carbonyl (C=O) groups excluding carboxylic acids is 1. The van der Waals surface area contributed by atoms with Gasteiger partial charge in [-0.2, -0.15) is 0 Å². The number of pyridine rings is 1. The number of nitrogens with zero attached hydrogens (tertiary/aromatic N) is 1. The van der Waals surface area contributed by atoms with Gasteiger partial charge in [-0.05, 0) is 36.6 Å². The lowest BCUT2D eigenvalue weighted by Gasteiger charge is -2.26. The molecule has 3 nitrogen and oxygen atoms in total. The van der Waals surface area contributed by atoms with E-state index in [0.717, 1.165) is 12.1 Å². The standard InChI is InChI=1S/C17H13F4NO2/c1-8(23)14-7-12(10-3-2-9(18)6-13(10)19)11-4-5-15(16(20)21)24-17(11)22-14/h2-3,6-7,15-16H,4-5H2,1H3/t15-/m1/s1. The highest BCUT2D eigenvalue weighted by atomic mass is 19.3. The Balaban J connectivity index is 2.17. The van der Waals surface area contributed by atoms with Gasteiger partial charge >= 0.3 is 0 Å². The molecule has 2 heterocycles. The van der Waals surface area contributed by atoms with Gasteiger partial charge in [-0.25, -0.2) is 22.5 Å². The Morgan fingerprint density at radius 2 is 2.00 bits per heavy atom. The molecule has 0 fully saturated rings. The predicted octanol–water partition coefficient (Wildman–Crippen LogP) is 4.19. The first kappa shape index (κ1) is 16.4. The Morgan fingerprint density at radius 1 is 1.25 bits per heavy atom. The number of fused-ring (bicyclic) bond motifs is 1. The Labute approximate surface area is 135 Å². The molecule has 3 rings (SSSR count). The number of alkyl halides is 2. The minimum absolute atomic E-state index is 0.0256. The molecule has 0 saturated heterocycles. The zero-order valence-electron chi connectivity index (χ0n) is 12.7. The number of Topliss-reactive ketones (excluding diaryl/α,β-unsaturated/α-hetero) is 1. The Morgan fingerprint density at radius 3 is 2.62 bits per heavy atom. The van der Waals surface area contributed by atoms with E-state index in [-0.39, 0.29) is 30.0 Å². The average Bonchev–Trinajstić information content (AvgIpc) is 2.53. The van der Waals surface area contributed by atoms with Gasteiger partial charge in [0, 0.05) is 24.1 Å². The zero-order chi connectivity index (χ0) is 17.4. The molecule has 2 aromatic rings. The van der Waals surface area contributed by atoms with E-state index in [2.05, 4.69) is 4.98 Å². The summed E-state index contributed by atoms with van der Waals surface area (Å²) in [7, 11) is 0. The summed E-state index contributed by atoms with van der Waals surface area (Å²) < 4.78 is 58.2. The lowest BCUT2D eigenvalue weighted by atomic mass is 9.93. The van der Waals surface area contributed by atoms with Crippen LogP contribution in [0.15, 0.2) is 24.3 Å². The third kappa shape index (κ3) is 2.98. The highest BCUT2D eigenvalue weighted by Crippen LogP contribution is 2.37. The molecule has 1 atom stereocenters. The van der Waals surface area contributed by atoms with E-state index in [4.69, 9.17) is 4.74 Å². The average molecular weight is 339 g/mol. The first-order chi connectivity index (χ1) is 11.4. The summed E-state index contributed by atoms with van der Waals surface area (Å²) >= 11 is 0. The summed E-state index contributed by atoms with van der Waals surface area (Å²) in [4.78, 5) is 15.6. The van der Waals surface area contributed by atoms with Gasteiger partial charge in [0.1, 0.15) is 17.3 Å². The van der Waals surface area contributed by atoms with Crippen molar-refractivity contribution in [3.8, 4) is 17.0 Å². The number of hydrogen-bond donors (Lipinski definition) is 0. The predicted molar refractivity (Wildman–Crippen MR) is 78.3 cm³/mol. The molecule has 1 aliphatic heterocycles. The second kappa shape index (κ2) is 6.22. The van der Waals surface area contributed by atoms with Gasteiger partial charge < -0.3 is 4.74 Å². The smallest absolute Gasteiger partial charge is 0.274 e. The highest BCUT2D eigenvalue weighted by Gasteiger charge is 2.31. The first-order valence-electron chi connectivity index (χ1n) is 7.32. The van der Waals surface area contributed by atoms with Crippen molar-refractivity contribution in [2.24, 2.45) is 0 Å². The van der Waals surface area contributed by atoms with Crippen LogP contribution in [0.1, 0.15) is 29.4 Å². The van der Waals surface area contributed by atoms with Crippen molar-refractivity contribution < 1.29 is 27.1 Å². The van der Waals surface area contributed by atoms with Crippen molar-refractivity contribution in [1.82, 2.24) is 4.98 Å². The molecule has 1 aliphatic rings. The van der Waals surface area contributed by atoms with E-state index in [1.54, 1.807) is 0 Å². The number of ketones is 1. The van der Waals surface area contributed by atoms with Gasteiger partial charge in [0.15, 0.2) is 11.9 Å². The molecule has 0 bridgehead atoms. The largest absolute Gasteiger partial charge is 0.468 e. The summed E-state index contributed by atoms with van der Waals surface area (Å²) in [6.07, 6.45) is -3.77. The summed E-state index contributed by atoms with van der Waals surface area (Å²) in [5.41, 5.74) is 0.775. The minimum atomic E-state index is -2.69. The molecule has 0 aliphatic carbocycles. The molecule has 0 N–H and O–H groups in total. The van der Waals surface area contributed by atoms with E-state index in [1.165, 1.54) is 19.1 Å². The topological polar surface area (TPSA) is 39.2 Å². The van der Waals surface area contributed by atoms with Crippen LogP contribution in [-0.4, -0.2) is 23.3 Å². The molecule has 0 radical (unpaired) electrons. The van der Waals surface area contributed by atoms with Gasteiger partial charge in [-0.3, -0.25) is 4.79 Å². The maximum Gasteiger partial charge on any atom is 0.274 e. The fourth-order valence-corrected chi connectivity index (χ4v) is 2.68. The van der Waals surface area contributed by atoms with Gasteiger partial charge in [0.05, 0.1) is 0 Å². The minimum Gasteiger partial charge on any atom is -0.468 e. The lowest BCUT2D eigenvalue weighted by molar-refractivity contribution is -0.00215. The molecule has 0 saturated carbocycles. The van der Waals surface area contributed by atoms with Gasteiger partial charge in [0.25, 0.3) is 6.43 Å². The highest BCUT2D eigenvalue weighted by molar-refractivity contribution is 5.94. The van der Waals surface area contributed by atoms with Gasteiger partial charge in [-0.15, -0.1) is 0 Å². The molecule has 0 unspecified atom stereocenters. The van der Waals surface area contributed by atoms with Gasteiger partial charge in [0.2, 0.25) is 5.88 Å². The number of ether oxygens (including phenoxy) is 1. The Kier molecular flexibility index (Phi) is 4.26. The van der Waals surface area contributed by atoms with E-state index < -0.39 is 29.9 Å². The van der Waals surface area contributed by atoms with Crippen LogP contribution in [0.25, 0.3) is 11.1 Å². The number of hydrogen-bond acceptors (Lipinski definition) is 3. The summed E-state index contributed by atoms with van der Waals surface area (Å²) in [5, 5.41) is 0. The lowest BCUT2D eigenvalue weighted by Crippen LogP contribution is -2.30. The monoisotopic (exact) mass is 339 g/mol. The molecule has 1 aromatic heterocycles. The maximum atomic E-state index is 14.1. The summed E-state index contributed by atoms with van der Waals surface area (Å²) in [5.74, 6) is -2.06. The molecule has 24 heavy (non-hydrogen) atoms. The van der Waals surface area contributed by atoms with Crippen molar-refractivity contribution in [3.63, 3.8) is 0 Å². The SMILES string of the molecule is CC(=O)c1cc(-c2ccc(F)cc2F)c2c(n1)O[C@@H](C(F)F)CC2. The van der Waals surface area contributed by atoms with E-state index in [1.807, 2.05) is 0 Å². The van der Waals surface area contributed by atoms with Crippen LogP contribution < -0.4 is 4.74 Å². The fourth-order valence-electron chi connectivity index (χ4n) is 2.68. The number of rotatable bonds is 3. The molecule has 126 valence electrons. The molecular formula is C17H13F4NO2. The Bertz CT molecular complexity index is 807. The van der Waals surface area contributed by atoms with Crippen LogP contribution in [0.2, 0.25) is 0 Å². The Hall–Kier alpha value is -2.44. The number of halogens is 4. The molecule has 7 heteroatoms. The van der Waals surface area contributed by atoms with Crippen molar-refractivity contribution in [3.05, 3.63) is 47.2 Å². The summed E-state index contributed by atoms with van der Waals surface area (Å²) in [6, 6.07) is 4.43. The quantitative estimate of drug-likeness (QED) is 0.622. The number of benzene rings is 1. The van der Waals surface area contributed by atoms with E-state index in [9.17, 15) is 22.4 Å². The van der Waals surface area contributed by atoms with E-state index >= 15 is 0 Å². The van der Waals surface area contributed by atoms with Crippen molar-refractivity contribution >= 4 is 5.78 Å². The molecule has 0 spiro atoms. The molecule has 0 amide bonds. The van der Waals surface area contributed by atoms with E-state index in [0.29, 0.717) is 11.1 Å². The van der Waals surface area contributed by atoms with Crippen LogP contribution in [-0.2, 0) is 6.42 Å². The normalized spacial score (nSPS) is 16.7. The third-order valence-electron chi connectivity index (χ3n) is 3.89. The van der Waals surface area contributed by atoms with Crippen LogP contribution in [0.3, 0.4) is 0 Å². The first-order valence-corrected chi connectivity index (χ1v) is 7.32. The second-order valence-corrected chi connectivity index (χ2v) is 5.55. The van der Waals surface area contributed by atoms with Crippen LogP contribution in [0, 0.1) is 11.6 Å². The summed E-state index contributed by atoms with van der Waals surface area (Å²) in [6.45, 7) is 1.26. The van der Waals surface area contributed by atoms with Crippen molar-refractivity contribution in [2.45, 2.75) is 32.3 Å². The third-order valence-corrected chi connectivity index (χ3v) is 3.89. The van der Waals surface area contributed by atoms with Gasteiger partial charge in [-0.1, -0.05) is 0 Å². The fraction of sp³-hybridized carbons (Fsp3) is 0.294. The van der Waals surface area contributed by atoms with Crippen molar-refractivity contribution in [2.75, 3.05) is 0 Å². The zero-order valence-corrected chi connectivity index (χ0v) is 12.7. The number of aromatic nitrogens is 1. The van der Waals surface area contributed by atoms with Crippen molar-refractivity contribution in [1.29, 1.82) is 0 Å². The maximum absolute atomic E-state index is 14.1. The molecule has 1 aromatic carbocycles. The van der Waals surface area contributed by atoms with Crippen LogP contribution in [0.4, 0.5) is 17.6 Å². The number of carbonyl (C=O) groups is 1.